The summed E-state index contributed by atoms with van der Waals surface area (Å²) < 4.78 is 33.1. The van der Waals surface area contributed by atoms with Crippen LogP contribution >= 0.6 is 0 Å². The van der Waals surface area contributed by atoms with Crippen molar-refractivity contribution in [3.8, 4) is 11.5 Å². The van der Waals surface area contributed by atoms with Gasteiger partial charge in [-0.15, -0.1) is 0 Å². The lowest BCUT2D eigenvalue weighted by Crippen LogP contribution is -2.41. The Kier molecular flexibility index (Phi) is 6.24. The number of nitrogens with zero attached hydrogens (tertiary/aromatic N) is 1. The number of hydrogen-bond donors (Lipinski definition) is 1. The Labute approximate surface area is 147 Å². The van der Waals surface area contributed by atoms with Crippen molar-refractivity contribution in [2.45, 2.75) is 25.5 Å². The molecule has 0 aliphatic carbocycles. The SMILES string of the molecule is COc1ccc(C=NOC(C)C(=O)NC2CCS(=O)(=O)C2)cc1OC. The normalized spacial score (nSPS) is 20.2. The number of carbonyl (C=O) groups is 1. The fourth-order valence-corrected chi connectivity index (χ4v) is 4.06. The number of amides is 1. The van der Waals surface area contributed by atoms with Crippen LogP contribution in [0.4, 0.5) is 0 Å². The first kappa shape index (κ1) is 19.0. The molecule has 0 saturated carbocycles. The Bertz CT molecular complexity index is 747. The highest BCUT2D eigenvalue weighted by molar-refractivity contribution is 7.91. The molecule has 25 heavy (non-hydrogen) atoms. The zero-order valence-corrected chi connectivity index (χ0v) is 15.2. The van der Waals surface area contributed by atoms with E-state index in [1.165, 1.54) is 13.3 Å². The molecule has 1 saturated heterocycles. The van der Waals surface area contributed by atoms with Crippen LogP contribution in [-0.2, 0) is 19.5 Å². The first-order chi connectivity index (χ1) is 11.8. The number of sulfone groups is 1. The predicted molar refractivity (Wildman–Crippen MR) is 92.9 cm³/mol. The molecule has 1 aliphatic rings. The maximum Gasteiger partial charge on any atom is 0.263 e. The lowest BCUT2D eigenvalue weighted by atomic mass is 10.2. The molecule has 138 valence electrons. The van der Waals surface area contributed by atoms with Gasteiger partial charge < -0.3 is 19.6 Å². The number of oxime groups is 1. The zero-order chi connectivity index (χ0) is 18.4. The average molecular weight is 370 g/mol. The van der Waals surface area contributed by atoms with Gasteiger partial charge in [-0.3, -0.25) is 4.79 Å². The van der Waals surface area contributed by atoms with Crippen molar-refractivity contribution in [2.75, 3.05) is 25.7 Å². The van der Waals surface area contributed by atoms with Crippen LogP contribution in [0.2, 0.25) is 0 Å². The van der Waals surface area contributed by atoms with Crippen molar-refractivity contribution in [3.63, 3.8) is 0 Å². The van der Waals surface area contributed by atoms with E-state index in [0.29, 0.717) is 23.5 Å². The Morgan fingerprint density at radius 3 is 2.64 bits per heavy atom. The molecule has 9 heteroatoms. The second kappa shape index (κ2) is 8.19. The minimum atomic E-state index is -3.04. The van der Waals surface area contributed by atoms with Crippen molar-refractivity contribution >= 4 is 22.0 Å². The fourth-order valence-electron chi connectivity index (χ4n) is 2.39. The van der Waals surface area contributed by atoms with E-state index in [0.717, 1.165) is 0 Å². The molecule has 0 radical (unpaired) electrons. The molecule has 2 unspecified atom stereocenters. The smallest absolute Gasteiger partial charge is 0.263 e. The van der Waals surface area contributed by atoms with Crippen LogP contribution in [0.3, 0.4) is 0 Å². The maximum absolute atomic E-state index is 12.0. The molecule has 1 aromatic rings. The van der Waals surface area contributed by atoms with Crippen molar-refractivity contribution in [1.29, 1.82) is 0 Å². The summed E-state index contributed by atoms with van der Waals surface area (Å²) in [5.41, 5.74) is 0.715. The Morgan fingerprint density at radius 2 is 2.04 bits per heavy atom. The monoisotopic (exact) mass is 370 g/mol. The first-order valence-corrected chi connectivity index (χ1v) is 9.59. The molecule has 1 fully saturated rings. The van der Waals surface area contributed by atoms with Gasteiger partial charge in [0.25, 0.3) is 5.91 Å². The summed E-state index contributed by atoms with van der Waals surface area (Å²) in [7, 11) is 0.0395. The van der Waals surface area contributed by atoms with Gasteiger partial charge in [0.1, 0.15) is 0 Å². The Balaban J connectivity index is 1.87. The molecule has 1 heterocycles. The highest BCUT2D eigenvalue weighted by atomic mass is 32.2. The molecule has 1 N–H and O–H groups in total. The number of carbonyl (C=O) groups excluding carboxylic acids is 1. The molecule has 0 bridgehead atoms. The molecule has 1 amide bonds. The number of ether oxygens (including phenoxy) is 2. The van der Waals surface area contributed by atoms with Gasteiger partial charge in [0.2, 0.25) is 6.10 Å². The van der Waals surface area contributed by atoms with Crippen LogP contribution in [0.5, 0.6) is 11.5 Å². The lowest BCUT2D eigenvalue weighted by molar-refractivity contribution is -0.132. The quantitative estimate of drug-likeness (QED) is 0.561. The molecule has 2 rings (SSSR count). The second-order valence-electron chi connectivity index (χ2n) is 5.71. The first-order valence-electron chi connectivity index (χ1n) is 7.76. The zero-order valence-electron chi connectivity index (χ0n) is 14.4. The highest BCUT2D eigenvalue weighted by Crippen LogP contribution is 2.26. The fraction of sp³-hybridized carbons (Fsp3) is 0.500. The van der Waals surface area contributed by atoms with E-state index in [4.69, 9.17) is 14.3 Å². The summed E-state index contributed by atoms with van der Waals surface area (Å²) >= 11 is 0. The number of methoxy groups -OCH3 is 2. The van der Waals surface area contributed by atoms with Crippen LogP contribution < -0.4 is 14.8 Å². The van der Waals surface area contributed by atoms with E-state index < -0.39 is 21.8 Å². The van der Waals surface area contributed by atoms with Gasteiger partial charge in [-0.1, -0.05) is 5.16 Å². The van der Waals surface area contributed by atoms with Gasteiger partial charge in [-0.05, 0) is 31.5 Å². The van der Waals surface area contributed by atoms with E-state index in [9.17, 15) is 13.2 Å². The van der Waals surface area contributed by atoms with Crippen molar-refractivity contribution in [1.82, 2.24) is 5.32 Å². The van der Waals surface area contributed by atoms with Gasteiger partial charge in [-0.2, -0.15) is 0 Å². The topological polar surface area (TPSA) is 103 Å². The third-order valence-electron chi connectivity index (χ3n) is 3.78. The maximum atomic E-state index is 12.0. The Morgan fingerprint density at radius 1 is 1.32 bits per heavy atom. The van der Waals surface area contributed by atoms with Crippen molar-refractivity contribution in [2.24, 2.45) is 5.16 Å². The van der Waals surface area contributed by atoms with Crippen molar-refractivity contribution < 1.29 is 27.5 Å². The molecule has 0 aromatic heterocycles. The molecule has 2 atom stereocenters. The lowest BCUT2D eigenvalue weighted by Gasteiger charge is -2.14. The van der Waals surface area contributed by atoms with Gasteiger partial charge in [0.15, 0.2) is 21.3 Å². The number of nitrogens with one attached hydrogen (secondary N) is 1. The molecule has 1 aromatic carbocycles. The van der Waals surface area contributed by atoms with E-state index in [-0.39, 0.29) is 17.5 Å². The number of hydrogen-bond acceptors (Lipinski definition) is 7. The van der Waals surface area contributed by atoms with E-state index in [1.54, 1.807) is 32.2 Å². The molecule has 8 nitrogen and oxygen atoms in total. The second-order valence-corrected chi connectivity index (χ2v) is 7.93. The van der Waals surface area contributed by atoms with Crippen LogP contribution in [0, 0.1) is 0 Å². The van der Waals surface area contributed by atoms with Crippen LogP contribution in [-0.4, -0.2) is 58.4 Å². The molecular weight excluding hydrogens is 348 g/mol. The number of rotatable bonds is 7. The standard InChI is InChI=1S/C16H22N2O6S/c1-11(16(19)18-13-6-7-25(20,21)10-13)24-17-9-12-4-5-14(22-2)15(8-12)23-3/h4-5,8-9,11,13H,6-7,10H2,1-3H3,(H,18,19). The van der Waals surface area contributed by atoms with Crippen molar-refractivity contribution in [3.05, 3.63) is 23.8 Å². The molecular formula is C16H22N2O6S. The van der Waals surface area contributed by atoms with Crippen LogP contribution in [0.25, 0.3) is 0 Å². The Hall–Kier alpha value is -2.29. The molecule has 0 spiro atoms. The van der Waals surface area contributed by atoms with Gasteiger partial charge in [-0.25, -0.2) is 8.42 Å². The van der Waals surface area contributed by atoms with Gasteiger partial charge >= 0.3 is 0 Å². The molecule has 1 aliphatic heterocycles. The highest BCUT2D eigenvalue weighted by Gasteiger charge is 2.30. The van der Waals surface area contributed by atoms with Gasteiger partial charge in [0, 0.05) is 11.6 Å². The summed E-state index contributed by atoms with van der Waals surface area (Å²) in [6, 6.07) is 4.86. The summed E-state index contributed by atoms with van der Waals surface area (Å²) in [5.74, 6) is 0.830. The minimum Gasteiger partial charge on any atom is -0.493 e. The third-order valence-corrected chi connectivity index (χ3v) is 5.54. The largest absolute Gasteiger partial charge is 0.493 e. The average Bonchev–Trinajstić information content (AvgIpc) is 2.92. The van der Waals surface area contributed by atoms with Crippen LogP contribution in [0.1, 0.15) is 18.9 Å². The summed E-state index contributed by atoms with van der Waals surface area (Å²) in [6.45, 7) is 1.55. The van der Waals surface area contributed by atoms with E-state index in [2.05, 4.69) is 10.5 Å². The van der Waals surface area contributed by atoms with Crippen LogP contribution in [0.15, 0.2) is 23.4 Å². The number of benzene rings is 1. The third kappa shape index (κ3) is 5.35. The van der Waals surface area contributed by atoms with E-state index in [1.807, 2.05) is 0 Å². The summed E-state index contributed by atoms with van der Waals surface area (Å²) in [5, 5.41) is 6.46. The summed E-state index contributed by atoms with van der Waals surface area (Å²) in [4.78, 5) is 17.1. The van der Waals surface area contributed by atoms with E-state index >= 15 is 0 Å². The summed E-state index contributed by atoms with van der Waals surface area (Å²) in [6.07, 6.45) is 1.04. The predicted octanol–water partition coefficient (Wildman–Crippen LogP) is 0.746. The minimum absolute atomic E-state index is 0.0274. The van der Waals surface area contributed by atoms with Gasteiger partial charge in [0.05, 0.1) is 31.9 Å².